The summed E-state index contributed by atoms with van der Waals surface area (Å²) in [6, 6.07) is 4.39. The highest BCUT2D eigenvalue weighted by Crippen LogP contribution is 2.24. The highest BCUT2D eigenvalue weighted by molar-refractivity contribution is 7.12. The minimum absolute atomic E-state index is 0.0716. The number of aromatic nitrogens is 2. The van der Waals surface area contributed by atoms with E-state index in [9.17, 15) is 4.79 Å². The van der Waals surface area contributed by atoms with Crippen molar-refractivity contribution in [1.82, 2.24) is 9.55 Å². The van der Waals surface area contributed by atoms with Crippen LogP contribution in [0.1, 0.15) is 42.6 Å². The monoisotopic (exact) mass is 277 g/mol. The zero-order valence-electron chi connectivity index (χ0n) is 11.7. The van der Waals surface area contributed by atoms with E-state index in [1.54, 1.807) is 28.3 Å². The van der Waals surface area contributed by atoms with Crippen LogP contribution in [0.2, 0.25) is 0 Å². The first kappa shape index (κ1) is 13.8. The Labute approximate surface area is 117 Å². The molecule has 4 nitrogen and oxygen atoms in total. The molecule has 102 valence electrons. The minimum Gasteiger partial charge on any atom is -0.358 e. The molecule has 0 aliphatic rings. The SMILES string of the molecule is Cc1ccc(C(C)Nc2nccn(C(C)C)c2=O)s1. The molecule has 2 aromatic rings. The van der Waals surface area contributed by atoms with Crippen LogP contribution in [-0.2, 0) is 0 Å². The van der Waals surface area contributed by atoms with Crippen LogP contribution in [0.25, 0.3) is 0 Å². The van der Waals surface area contributed by atoms with Crippen LogP contribution in [-0.4, -0.2) is 9.55 Å². The summed E-state index contributed by atoms with van der Waals surface area (Å²) < 4.78 is 1.68. The zero-order valence-corrected chi connectivity index (χ0v) is 12.5. The van der Waals surface area contributed by atoms with Gasteiger partial charge in [0.05, 0.1) is 6.04 Å². The summed E-state index contributed by atoms with van der Waals surface area (Å²) in [5.41, 5.74) is -0.0716. The lowest BCUT2D eigenvalue weighted by Gasteiger charge is -2.15. The maximum atomic E-state index is 12.2. The van der Waals surface area contributed by atoms with E-state index in [4.69, 9.17) is 0 Å². The molecule has 0 bridgehead atoms. The fourth-order valence-corrected chi connectivity index (χ4v) is 2.77. The van der Waals surface area contributed by atoms with Crippen molar-refractivity contribution < 1.29 is 0 Å². The van der Waals surface area contributed by atoms with Crippen LogP contribution in [0.3, 0.4) is 0 Å². The average Bonchev–Trinajstić information content (AvgIpc) is 2.78. The molecule has 0 aromatic carbocycles. The van der Waals surface area contributed by atoms with E-state index in [2.05, 4.69) is 29.4 Å². The van der Waals surface area contributed by atoms with Crippen molar-refractivity contribution in [3.63, 3.8) is 0 Å². The zero-order chi connectivity index (χ0) is 14.0. The number of aryl methyl sites for hydroxylation is 1. The van der Waals surface area contributed by atoms with Crippen molar-refractivity contribution in [2.45, 2.75) is 39.8 Å². The number of thiophene rings is 1. The molecule has 1 unspecified atom stereocenters. The van der Waals surface area contributed by atoms with E-state index in [0.717, 1.165) is 0 Å². The smallest absolute Gasteiger partial charge is 0.293 e. The van der Waals surface area contributed by atoms with Crippen molar-refractivity contribution >= 4 is 17.2 Å². The van der Waals surface area contributed by atoms with Gasteiger partial charge in [-0.05, 0) is 39.8 Å². The fraction of sp³-hybridized carbons (Fsp3) is 0.429. The van der Waals surface area contributed by atoms with Gasteiger partial charge in [-0.15, -0.1) is 11.3 Å². The van der Waals surface area contributed by atoms with Crippen LogP contribution in [0, 0.1) is 6.92 Å². The Bertz CT molecular complexity index is 615. The summed E-state index contributed by atoms with van der Waals surface area (Å²) in [6.07, 6.45) is 3.38. The summed E-state index contributed by atoms with van der Waals surface area (Å²) in [5.74, 6) is 0.412. The third kappa shape index (κ3) is 3.04. The van der Waals surface area contributed by atoms with Crippen LogP contribution in [0.5, 0.6) is 0 Å². The van der Waals surface area contributed by atoms with Gasteiger partial charge in [0, 0.05) is 28.2 Å². The van der Waals surface area contributed by atoms with Crippen LogP contribution >= 0.6 is 11.3 Å². The Hall–Kier alpha value is -1.62. The molecule has 2 rings (SSSR count). The first-order valence-corrected chi connectivity index (χ1v) is 7.20. The quantitative estimate of drug-likeness (QED) is 0.932. The van der Waals surface area contributed by atoms with Crippen molar-refractivity contribution in [3.05, 3.63) is 44.6 Å². The second-order valence-electron chi connectivity index (χ2n) is 4.90. The number of nitrogens with one attached hydrogen (secondary N) is 1. The Morgan fingerprint density at radius 3 is 2.63 bits per heavy atom. The van der Waals surface area contributed by atoms with E-state index >= 15 is 0 Å². The molecule has 0 radical (unpaired) electrons. The molecule has 0 fully saturated rings. The van der Waals surface area contributed by atoms with Crippen LogP contribution < -0.4 is 10.9 Å². The minimum atomic E-state index is -0.0716. The molecule has 0 aliphatic heterocycles. The number of hydrogen-bond acceptors (Lipinski definition) is 4. The Balaban J connectivity index is 2.24. The van der Waals surface area contributed by atoms with E-state index in [1.165, 1.54) is 9.75 Å². The van der Waals surface area contributed by atoms with Gasteiger partial charge < -0.3 is 9.88 Å². The maximum absolute atomic E-state index is 12.2. The third-order valence-corrected chi connectivity index (χ3v) is 4.15. The average molecular weight is 277 g/mol. The summed E-state index contributed by atoms with van der Waals surface area (Å²) >= 11 is 1.73. The van der Waals surface area contributed by atoms with E-state index in [0.29, 0.717) is 5.82 Å². The molecule has 19 heavy (non-hydrogen) atoms. The number of anilines is 1. The first-order valence-electron chi connectivity index (χ1n) is 6.39. The Kier molecular flexibility index (Phi) is 4.04. The molecular weight excluding hydrogens is 258 g/mol. The lowest BCUT2D eigenvalue weighted by Crippen LogP contribution is -2.26. The van der Waals surface area contributed by atoms with Crippen molar-refractivity contribution in [1.29, 1.82) is 0 Å². The highest BCUT2D eigenvalue weighted by atomic mass is 32.1. The highest BCUT2D eigenvalue weighted by Gasteiger charge is 2.12. The molecule has 0 aliphatic carbocycles. The molecule has 0 saturated carbocycles. The molecule has 5 heteroatoms. The molecule has 1 N–H and O–H groups in total. The molecule has 0 spiro atoms. The first-order chi connectivity index (χ1) is 8.99. The molecule has 2 aromatic heterocycles. The van der Waals surface area contributed by atoms with Gasteiger partial charge in [-0.2, -0.15) is 0 Å². The molecular formula is C14H19N3OS. The second-order valence-corrected chi connectivity index (χ2v) is 6.22. The van der Waals surface area contributed by atoms with Crippen LogP contribution in [0.15, 0.2) is 29.3 Å². The van der Waals surface area contributed by atoms with E-state index < -0.39 is 0 Å². The predicted octanol–water partition coefficient (Wildman–Crippen LogP) is 3.37. The summed E-state index contributed by atoms with van der Waals surface area (Å²) in [6.45, 7) is 8.08. The number of rotatable bonds is 4. The molecule has 0 amide bonds. The van der Waals surface area contributed by atoms with Gasteiger partial charge in [-0.1, -0.05) is 0 Å². The molecule has 2 heterocycles. The van der Waals surface area contributed by atoms with Gasteiger partial charge in [-0.25, -0.2) is 4.98 Å². The fourth-order valence-electron chi connectivity index (χ4n) is 1.89. The van der Waals surface area contributed by atoms with E-state index in [-0.39, 0.29) is 17.6 Å². The standard InChI is InChI=1S/C14H19N3OS/c1-9(2)17-8-7-15-13(14(17)18)16-11(4)12-6-5-10(3)19-12/h5-9,11H,1-4H3,(H,15,16). The number of hydrogen-bond donors (Lipinski definition) is 1. The largest absolute Gasteiger partial charge is 0.358 e. The van der Waals surface area contributed by atoms with Gasteiger partial charge in [-0.3, -0.25) is 4.79 Å². The lowest BCUT2D eigenvalue weighted by atomic mass is 10.2. The van der Waals surface area contributed by atoms with Crippen molar-refractivity contribution in [2.24, 2.45) is 0 Å². The van der Waals surface area contributed by atoms with E-state index in [1.807, 2.05) is 20.8 Å². The van der Waals surface area contributed by atoms with Crippen molar-refractivity contribution in [2.75, 3.05) is 5.32 Å². The maximum Gasteiger partial charge on any atom is 0.293 e. The Morgan fingerprint density at radius 2 is 2.05 bits per heavy atom. The van der Waals surface area contributed by atoms with Crippen LogP contribution in [0.4, 0.5) is 5.82 Å². The van der Waals surface area contributed by atoms with Gasteiger partial charge in [0.1, 0.15) is 0 Å². The van der Waals surface area contributed by atoms with Gasteiger partial charge >= 0.3 is 0 Å². The summed E-state index contributed by atoms with van der Waals surface area (Å²) in [7, 11) is 0. The normalized spacial score (nSPS) is 12.7. The van der Waals surface area contributed by atoms with Gasteiger partial charge in [0.25, 0.3) is 5.56 Å². The Morgan fingerprint density at radius 1 is 1.32 bits per heavy atom. The number of nitrogens with zero attached hydrogens (tertiary/aromatic N) is 2. The predicted molar refractivity (Wildman–Crippen MR) is 80.0 cm³/mol. The molecule has 0 saturated heterocycles. The topological polar surface area (TPSA) is 46.9 Å². The van der Waals surface area contributed by atoms with Crippen molar-refractivity contribution in [3.8, 4) is 0 Å². The lowest BCUT2D eigenvalue weighted by molar-refractivity contribution is 0.574. The van der Waals surface area contributed by atoms with Gasteiger partial charge in [0.2, 0.25) is 0 Å². The second kappa shape index (κ2) is 5.57. The third-order valence-electron chi connectivity index (χ3n) is 2.97. The summed E-state index contributed by atoms with van der Waals surface area (Å²) in [4.78, 5) is 18.9. The van der Waals surface area contributed by atoms with Gasteiger partial charge in [0.15, 0.2) is 5.82 Å². The molecule has 1 atom stereocenters. The summed E-state index contributed by atoms with van der Waals surface area (Å²) in [5, 5.41) is 3.20.